The molecule has 0 saturated carbocycles. The predicted octanol–water partition coefficient (Wildman–Crippen LogP) is 3.95. The summed E-state index contributed by atoms with van der Waals surface area (Å²) < 4.78 is 7.35. The molecule has 2 rings (SSSR count). The number of aryl methyl sites for hydroxylation is 1. The molecule has 0 fully saturated rings. The number of hydrogen-bond donors (Lipinski definition) is 0. The zero-order chi connectivity index (χ0) is 17.5. The molecular formula is C19H25N2O2SYb-. The van der Waals surface area contributed by atoms with Gasteiger partial charge in [-0.3, -0.25) is 4.79 Å². The Bertz CT molecular complexity index is 752. The van der Waals surface area contributed by atoms with Crippen molar-refractivity contribution in [1.82, 2.24) is 4.57 Å². The zero-order valence-electron chi connectivity index (χ0n) is 15.1. The van der Waals surface area contributed by atoms with E-state index in [0.717, 1.165) is 34.6 Å². The Morgan fingerprint density at radius 2 is 2.12 bits per heavy atom. The van der Waals surface area contributed by atoms with E-state index in [1.54, 1.807) is 0 Å². The number of aromatic nitrogens is 1. The number of nitrogens with zero attached hydrogens (tertiary/aromatic N) is 2. The van der Waals surface area contributed by atoms with Crippen LogP contribution in [-0.2, 0) is 23.0 Å². The SMILES string of the molecule is CCC(C)CCOC(=O)Cc1ccccc1N=c1s[c-]c(C)n1C.[Yb]. The van der Waals surface area contributed by atoms with Gasteiger partial charge in [-0.2, -0.15) is 5.38 Å². The Labute approximate surface area is 192 Å². The van der Waals surface area contributed by atoms with E-state index in [1.165, 1.54) is 11.3 Å². The van der Waals surface area contributed by atoms with Crippen LogP contribution >= 0.6 is 11.3 Å². The molecule has 0 N–H and O–H groups in total. The van der Waals surface area contributed by atoms with Crippen molar-refractivity contribution in [1.29, 1.82) is 0 Å². The van der Waals surface area contributed by atoms with Gasteiger partial charge in [0.15, 0.2) is 0 Å². The molecule has 1 aromatic carbocycles. The first-order chi connectivity index (χ1) is 11.5. The van der Waals surface area contributed by atoms with E-state index in [-0.39, 0.29) is 59.3 Å². The zero-order valence-corrected chi connectivity index (χ0v) is 17.6. The molecule has 6 heteroatoms. The minimum absolute atomic E-state index is 0. The summed E-state index contributed by atoms with van der Waals surface area (Å²) >= 11 is 1.47. The van der Waals surface area contributed by atoms with Crippen LogP contribution < -0.4 is 4.80 Å². The van der Waals surface area contributed by atoms with Crippen LogP contribution in [-0.4, -0.2) is 17.1 Å². The molecule has 0 aliphatic rings. The fourth-order valence-corrected chi connectivity index (χ4v) is 2.95. The van der Waals surface area contributed by atoms with Gasteiger partial charge < -0.3 is 25.6 Å². The molecule has 1 unspecified atom stereocenters. The normalized spacial score (nSPS) is 12.6. The van der Waals surface area contributed by atoms with Gasteiger partial charge in [0.2, 0.25) is 0 Å². The largest absolute Gasteiger partial charge is 0.465 e. The summed E-state index contributed by atoms with van der Waals surface area (Å²) in [7, 11) is 1.97. The number of ether oxygens (including phenoxy) is 1. The van der Waals surface area contributed by atoms with Crippen LogP contribution in [0.25, 0.3) is 0 Å². The van der Waals surface area contributed by atoms with E-state index in [2.05, 4.69) is 24.2 Å². The van der Waals surface area contributed by atoms with Crippen LogP contribution in [0, 0.1) is 65.1 Å². The average Bonchev–Trinajstić information content (AvgIpc) is 2.88. The smallest absolute Gasteiger partial charge is 0.310 e. The second-order valence-corrected chi connectivity index (χ2v) is 6.84. The van der Waals surface area contributed by atoms with E-state index >= 15 is 0 Å². The first-order valence-corrected chi connectivity index (χ1v) is 9.15. The first kappa shape index (κ1) is 22.7. The molecule has 0 aliphatic carbocycles. The molecule has 25 heavy (non-hydrogen) atoms. The summed E-state index contributed by atoms with van der Waals surface area (Å²) in [6.07, 6.45) is 2.26. The Hall–Kier alpha value is -0.361. The summed E-state index contributed by atoms with van der Waals surface area (Å²) in [5.41, 5.74) is 2.74. The number of para-hydroxylation sites is 1. The third-order valence-electron chi connectivity index (χ3n) is 4.19. The average molecular weight is 519 g/mol. The molecule has 0 radical (unpaired) electrons. The van der Waals surface area contributed by atoms with Crippen molar-refractivity contribution in [3.05, 3.63) is 45.7 Å². The van der Waals surface area contributed by atoms with Crippen molar-refractivity contribution in [3.63, 3.8) is 0 Å². The molecule has 1 atom stereocenters. The van der Waals surface area contributed by atoms with Gasteiger partial charge in [0, 0.05) is 57.4 Å². The van der Waals surface area contributed by atoms with Gasteiger partial charge in [-0.1, -0.05) is 44.2 Å². The Balaban J connectivity index is 0.00000312. The first-order valence-electron chi connectivity index (χ1n) is 8.33. The van der Waals surface area contributed by atoms with Gasteiger partial charge in [0.1, 0.15) is 0 Å². The van der Waals surface area contributed by atoms with Crippen LogP contribution in [0.2, 0.25) is 0 Å². The van der Waals surface area contributed by atoms with E-state index in [1.807, 2.05) is 42.8 Å². The molecule has 2 aromatic rings. The second-order valence-electron chi connectivity index (χ2n) is 6.07. The van der Waals surface area contributed by atoms with Crippen molar-refractivity contribution in [3.8, 4) is 0 Å². The molecule has 144 valence electrons. The van der Waals surface area contributed by atoms with E-state index in [0.29, 0.717) is 12.5 Å². The van der Waals surface area contributed by atoms with Crippen LogP contribution in [0.5, 0.6) is 0 Å². The molecule has 1 heterocycles. The van der Waals surface area contributed by atoms with Crippen LogP contribution in [0.15, 0.2) is 29.3 Å². The standard InChI is InChI=1S/C19H25N2O2S.Yb/c1-5-14(2)10-11-23-18(22)12-16-8-6-7-9-17(16)20-19-21(4)15(3)13-24-19;/h6-9,14H,5,10-12H2,1-4H3;/q-1;. The number of rotatable bonds is 7. The molecule has 1 aromatic heterocycles. The minimum atomic E-state index is -0.195. The van der Waals surface area contributed by atoms with Gasteiger partial charge in [-0.25, -0.2) is 0 Å². The minimum Gasteiger partial charge on any atom is -0.465 e. The molecule has 0 aliphatic heterocycles. The predicted molar refractivity (Wildman–Crippen MR) is 97.3 cm³/mol. The van der Waals surface area contributed by atoms with Crippen molar-refractivity contribution >= 4 is 23.0 Å². The maximum Gasteiger partial charge on any atom is 0.310 e. The molecule has 0 amide bonds. The van der Waals surface area contributed by atoms with Gasteiger partial charge in [-0.15, -0.1) is 0 Å². The van der Waals surface area contributed by atoms with Gasteiger partial charge in [0.25, 0.3) is 0 Å². The number of carbonyl (C=O) groups is 1. The van der Waals surface area contributed by atoms with Gasteiger partial charge in [-0.05, 0) is 37.9 Å². The Kier molecular flexibility index (Phi) is 10.3. The van der Waals surface area contributed by atoms with Gasteiger partial charge in [0.05, 0.1) is 13.0 Å². The number of thiazole rings is 1. The van der Waals surface area contributed by atoms with Crippen molar-refractivity contribution in [2.24, 2.45) is 18.0 Å². The number of hydrogen-bond acceptors (Lipinski definition) is 4. The molecule has 4 nitrogen and oxygen atoms in total. The summed E-state index contributed by atoms with van der Waals surface area (Å²) in [5.74, 6) is 0.387. The monoisotopic (exact) mass is 519 g/mol. The van der Waals surface area contributed by atoms with E-state index in [4.69, 9.17) is 4.74 Å². The maximum absolute atomic E-state index is 12.1. The summed E-state index contributed by atoms with van der Waals surface area (Å²) in [5, 5.41) is 3.18. The fourth-order valence-electron chi connectivity index (χ4n) is 2.15. The van der Waals surface area contributed by atoms with Crippen LogP contribution in [0.4, 0.5) is 5.69 Å². The van der Waals surface area contributed by atoms with E-state index < -0.39 is 0 Å². The van der Waals surface area contributed by atoms with Crippen molar-refractivity contribution in [2.45, 2.75) is 40.0 Å². The van der Waals surface area contributed by atoms with Gasteiger partial charge >= 0.3 is 5.97 Å². The third-order valence-corrected chi connectivity index (χ3v) is 5.14. The topological polar surface area (TPSA) is 43.6 Å². The number of esters is 1. The second kappa shape index (κ2) is 11.4. The number of benzene rings is 1. The number of carbonyl (C=O) groups excluding carboxylic acids is 1. The Morgan fingerprint density at radius 3 is 2.76 bits per heavy atom. The molecular weight excluding hydrogens is 493 g/mol. The van der Waals surface area contributed by atoms with Crippen molar-refractivity contribution < 1.29 is 56.5 Å². The van der Waals surface area contributed by atoms with E-state index in [9.17, 15) is 4.79 Å². The quantitative estimate of drug-likeness (QED) is 0.412. The molecule has 0 spiro atoms. The summed E-state index contributed by atoms with van der Waals surface area (Å²) in [4.78, 5) is 17.6. The van der Waals surface area contributed by atoms with Crippen LogP contribution in [0.1, 0.15) is 37.9 Å². The summed E-state index contributed by atoms with van der Waals surface area (Å²) in [6, 6.07) is 7.71. The molecule has 0 saturated heterocycles. The van der Waals surface area contributed by atoms with Crippen molar-refractivity contribution in [2.75, 3.05) is 6.61 Å². The maximum atomic E-state index is 12.1. The third kappa shape index (κ3) is 7.04. The molecule has 0 bridgehead atoms. The fraction of sp³-hybridized carbons (Fsp3) is 0.474. The van der Waals surface area contributed by atoms with Crippen LogP contribution in [0.3, 0.4) is 0 Å². The summed E-state index contributed by atoms with van der Waals surface area (Å²) in [6.45, 7) is 6.80. The Morgan fingerprint density at radius 1 is 1.40 bits per heavy atom.